The highest BCUT2D eigenvalue weighted by Crippen LogP contribution is 2.34. The molecule has 0 aromatic heterocycles. The minimum atomic E-state index is -5.38. The van der Waals surface area contributed by atoms with Crippen molar-refractivity contribution < 1.29 is 41.5 Å². The van der Waals surface area contributed by atoms with Crippen LogP contribution in [0.1, 0.15) is 70.3 Å². The standard InChI is InChI=1S/C29H41F4N5O5/c1-4-23(39)36-24(25(40)38-15-13-37(3)14-16-38)18(2)19-11-12-22(21(30)17-19)35-26(41)28(34,43-27(42)29(31,32)33)20-9-7-5-6-8-10-20/h11-12,17-18,20,24H,4-10,13-16,34H2,1-3H3,(H,35,41)(H,36,39)/t18-,24+,28-/m0/s1. The molecule has 0 unspecified atom stereocenters. The van der Waals surface area contributed by atoms with Gasteiger partial charge in [0.25, 0.3) is 5.91 Å². The fourth-order valence-corrected chi connectivity index (χ4v) is 5.46. The van der Waals surface area contributed by atoms with Crippen molar-refractivity contribution in [3.05, 3.63) is 29.6 Å². The van der Waals surface area contributed by atoms with E-state index in [0.717, 1.165) is 18.9 Å². The molecule has 0 spiro atoms. The van der Waals surface area contributed by atoms with Crippen molar-refractivity contribution >= 4 is 29.4 Å². The van der Waals surface area contributed by atoms with E-state index in [1.807, 2.05) is 7.05 Å². The number of anilines is 1. The van der Waals surface area contributed by atoms with Gasteiger partial charge in [0.1, 0.15) is 11.9 Å². The first-order valence-corrected chi connectivity index (χ1v) is 14.6. The lowest BCUT2D eigenvalue weighted by Gasteiger charge is -2.36. The van der Waals surface area contributed by atoms with E-state index in [0.29, 0.717) is 44.6 Å². The van der Waals surface area contributed by atoms with Crippen LogP contribution in [0.25, 0.3) is 0 Å². The Morgan fingerprint density at radius 3 is 2.19 bits per heavy atom. The maximum Gasteiger partial charge on any atom is 0.491 e. The highest BCUT2D eigenvalue weighted by Gasteiger charge is 2.52. The number of nitrogens with one attached hydrogen (secondary N) is 2. The summed E-state index contributed by atoms with van der Waals surface area (Å²) in [7, 11) is 1.94. The molecule has 4 N–H and O–H groups in total. The van der Waals surface area contributed by atoms with Crippen LogP contribution >= 0.6 is 0 Å². The first-order valence-electron chi connectivity index (χ1n) is 14.6. The summed E-state index contributed by atoms with van der Waals surface area (Å²) in [6, 6.07) is 2.73. The van der Waals surface area contributed by atoms with E-state index >= 15 is 4.39 Å². The summed E-state index contributed by atoms with van der Waals surface area (Å²) >= 11 is 0. The zero-order valence-electron chi connectivity index (χ0n) is 24.8. The van der Waals surface area contributed by atoms with Gasteiger partial charge in [-0.3, -0.25) is 20.1 Å². The molecular weight excluding hydrogens is 574 g/mol. The van der Waals surface area contributed by atoms with Crippen molar-refractivity contribution in [3.63, 3.8) is 0 Å². The number of carbonyl (C=O) groups is 4. The quantitative estimate of drug-likeness (QED) is 0.168. The predicted molar refractivity (Wildman–Crippen MR) is 150 cm³/mol. The Morgan fingerprint density at radius 2 is 1.65 bits per heavy atom. The number of hydrogen-bond acceptors (Lipinski definition) is 7. The molecule has 1 heterocycles. The van der Waals surface area contributed by atoms with Crippen LogP contribution < -0.4 is 16.4 Å². The molecule has 43 heavy (non-hydrogen) atoms. The zero-order valence-corrected chi connectivity index (χ0v) is 24.8. The lowest BCUT2D eigenvalue weighted by atomic mass is 9.87. The normalized spacial score (nSPS) is 19.9. The summed E-state index contributed by atoms with van der Waals surface area (Å²) in [4.78, 5) is 54.5. The minimum absolute atomic E-state index is 0.138. The number of nitrogens with two attached hydrogens (primary N) is 1. The van der Waals surface area contributed by atoms with Gasteiger partial charge in [-0.15, -0.1) is 0 Å². The van der Waals surface area contributed by atoms with Crippen molar-refractivity contribution in [2.45, 2.75) is 82.7 Å². The smallest absolute Gasteiger partial charge is 0.427 e. The van der Waals surface area contributed by atoms with Gasteiger partial charge in [-0.25, -0.2) is 9.18 Å². The maximum absolute atomic E-state index is 15.4. The summed E-state index contributed by atoms with van der Waals surface area (Å²) in [5.74, 6) is -7.07. The zero-order chi connectivity index (χ0) is 31.9. The van der Waals surface area contributed by atoms with Crippen LogP contribution in [0.5, 0.6) is 0 Å². The first kappa shape index (κ1) is 34.2. The molecule has 3 atom stereocenters. The van der Waals surface area contributed by atoms with Crippen LogP contribution in [0, 0.1) is 11.7 Å². The predicted octanol–water partition coefficient (Wildman–Crippen LogP) is 3.27. The second-order valence-corrected chi connectivity index (χ2v) is 11.4. The summed E-state index contributed by atoms with van der Waals surface area (Å²) in [5, 5.41) is 4.95. The fraction of sp³-hybridized carbons (Fsp3) is 0.655. The number of ether oxygens (including phenoxy) is 1. The summed E-state index contributed by atoms with van der Waals surface area (Å²) in [6.45, 7) is 5.59. The average molecular weight is 616 g/mol. The number of alkyl halides is 3. The molecule has 1 aromatic carbocycles. The maximum atomic E-state index is 15.4. The summed E-state index contributed by atoms with van der Waals surface area (Å²) in [5.41, 5.74) is 3.37. The summed E-state index contributed by atoms with van der Waals surface area (Å²) in [6.07, 6.45) is -2.03. The van der Waals surface area contributed by atoms with E-state index in [2.05, 4.69) is 20.3 Å². The molecule has 2 aliphatic rings. The van der Waals surface area contributed by atoms with Crippen LogP contribution in [0.4, 0.5) is 23.2 Å². The number of halogens is 4. The van der Waals surface area contributed by atoms with Crippen molar-refractivity contribution in [1.82, 2.24) is 15.1 Å². The molecule has 2 fully saturated rings. The highest BCUT2D eigenvalue weighted by molar-refractivity contribution is 5.99. The largest absolute Gasteiger partial charge is 0.491 e. The molecule has 0 radical (unpaired) electrons. The summed E-state index contributed by atoms with van der Waals surface area (Å²) < 4.78 is 59.2. The average Bonchev–Trinajstić information content (AvgIpc) is 3.26. The van der Waals surface area contributed by atoms with Crippen LogP contribution in [0.15, 0.2) is 18.2 Å². The molecule has 1 saturated heterocycles. The number of piperazine rings is 1. The van der Waals surface area contributed by atoms with Gasteiger partial charge >= 0.3 is 12.1 Å². The van der Waals surface area contributed by atoms with E-state index in [9.17, 15) is 32.3 Å². The third kappa shape index (κ3) is 8.65. The van der Waals surface area contributed by atoms with Gasteiger partial charge in [0.2, 0.25) is 17.5 Å². The van der Waals surface area contributed by atoms with Gasteiger partial charge in [0.15, 0.2) is 0 Å². The molecule has 240 valence electrons. The van der Waals surface area contributed by atoms with Crippen LogP contribution in [0.3, 0.4) is 0 Å². The Morgan fingerprint density at radius 1 is 1.05 bits per heavy atom. The monoisotopic (exact) mass is 615 g/mol. The number of nitrogens with zero attached hydrogens (tertiary/aromatic N) is 2. The van der Waals surface area contributed by atoms with Crippen molar-refractivity contribution in [2.24, 2.45) is 11.7 Å². The number of carbonyl (C=O) groups excluding carboxylic acids is 4. The Kier molecular flexibility index (Phi) is 11.5. The van der Waals surface area contributed by atoms with E-state index in [1.54, 1.807) is 18.7 Å². The second-order valence-electron chi connectivity index (χ2n) is 11.4. The van der Waals surface area contributed by atoms with E-state index in [4.69, 9.17) is 5.73 Å². The molecule has 1 aromatic rings. The Balaban J connectivity index is 1.84. The Bertz CT molecular complexity index is 1170. The third-order valence-corrected chi connectivity index (χ3v) is 8.30. The van der Waals surface area contributed by atoms with Gasteiger partial charge < -0.3 is 25.2 Å². The highest BCUT2D eigenvalue weighted by atomic mass is 19.4. The van der Waals surface area contributed by atoms with Crippen LogP contribution in [-0.2, 0) is 23.9 Å². The molecule has 1 saturated carbocycles. The van der Waals surface area contributed by atoms with Crippen molar-refractivity contribution in [3.8, 4) is 0 Å². The minimum Gasteiger partial charge on any atom is -0.427 e. The lowest BCUT2D eigenvalue weighted by molar-refractivity contribution is -0.218. The topological polar surface area (TPSA) is 134 Å². The first-order chi connectivity index (χ1) is 20.2. The number of amides is 3. The number of esters is 1. The molecule has 3 rings (SSSR count). The van der Waals surface area contributed by atoms with Gasteiger partial charge in [-0.1, -0.05) is 45.6 Å². The van der Waals surface area contributed by atoms with Crippen molar-refractivity contribution in [2.75, 3.05) is 38.5 Å². The molecule has 0 bridgehead atoms. The van der Waals surface area contributed by atoms with Crippen LogP contribution in [0.2, 0.25) is 0 Å². The lowest BCUT2D eigenvalue weighted by Crippen LogP contribution is -2.60. The SMILES string of the molecule is CCC(=O)N[C@@H](C(=O)N1CCN(C)CC1)[C@@H](C)c1ccc(NC(=O)[C@@](N)(OC(=O)C(F)(F)F)C2CCCCCC2)c(F)c1. The van der Waals surface area contributed by atoms with Gasteiger partial charge in [0, 0.05) is 44.4 Å². The molecule has 3 amide bonds. The second kappa shape index (κ2) is 14.5. The Hall–Kier alpha value is -3.26. The van der Waals surface area contributed by atoms with Crippen molar-refractivity contribution in [1.29, 1.82) is 0 Å². The Labute approximate surface area is 248 Å². The molecular formula is C29H41F4N5O5. The van der Waals surface area contributed by atoms with E-state index in [-0.39, 0.29) is 31.1 Å². The molecule has 14 heteroatoms. The van der Waals surface area contributed by atoms with E-state index < -0.39 is 53.2 Å². The van der Waals surface area contributed by atoms with Gasteiger partial charge in [-0.2, -0.15) is 13.2 Å². The number of hydrogen-bond donors (Lipinski definition) is 3. The van der Waals surface area contributed by atoms with Gasteiger partial charge in [0.05, 0.1) is 5.69 Å². The fourth-order valence-electron chi connectivity index (χ4n) is 5.46. The number of likely N-dealkylation sites (N-methyl/N-ethyl adjacent to an activating group) is 1. The molecule has 10 nitrogen and oxygen atoms in total. The third-order valence-electron chi connectivity index (χ3n) is 8.30. The van der Waals surface area contributed by atoms with Gasteiger partial charge in [-0.05, 0) is 37.6 Å². The molecule has 1 aliphatic carbocycles. The number of benzene rings is 1. The van der Waals surface area contributed by atoms with Crippen LogP contribution in [-0.4, -0.2) is 84.7 Å². The number of rotatable bonds is 9. The molecule has 1 aliphatic heterocycles. The van der Waals surface area contributed by atoms with E-state index in [1.165, 1.54) is 12.1 Å².